The van der Waals surface area contributed by atoms with Crippen LogP contribution in [0.15, 0.2) is 36.5 Å². The molecule has 2 aromatic carbocycles. The molecule has 0 bridgehead atoms. The predicted octanol–water partition coefficient (Wildman–Crippen LogP) is 3.70. The van der Waals surface area contributed by atoms with Crippen molar-refractivity contribution in [1.29, 1.82) is 0 Å². The Bertz CT molecular complexity index is 844. The van der Waals surface area contributed by atoms with Crippen LogP contribution in [0, 0.1) is 0 Å². The predicted molar refractivity (Wildman–Crippen MR) is 84.9 cm³/mol. The van der Waals surface area contributed by atoms with E-state index in [0.29, 0.717) is 32.5 Å². The number of nitrogens with zero attached hydrogens (tertiary/aromatic N) is 1. The summed E-state index contributed by atoms with van der Waals surface area (Å²) in [6, 6.07) is 8.20. The van der Waals surface area contributed by atoms with E-state index in [1.807, 2.05) is 0 Å². The molecule has 1 heterocycles. The third-order valence-electron chi connectivity index (χ3n) is 2.99. The fourth-order valence-electron chi connectivity index (χ4n) is 2.03. The number of fused-ring (bicyclic) bond motifs is 1. The van der Waals surface area contributed by atoms with Crippen LogP contribution in [0.2, 0.25) is 10.0 Å². The molecule has 106 valence electrons. The number of hydrogen-bond donors (Lipinski definition) is 3. The smallest absolute Gasteiger partial charge is 0.257 e. The highest BCUT2D eigenvalue weighted by Gasteiger charge is 2.13. The van der Waals surface area contributed by atoms with Crippen LogP contribution in [0.25, 0.3) is 10.9 Å². The van der Waals surface area contributed by atoms with E-state index < -0.39 is 0 Å². The molecular formula is C14H10Cl2N4O. The molecule has 0 atom stereocenters. The van der Waals surface area contributed by atoms with E-state index in [0.717, 1.165) is 5.39 Å². The number of H-pyrrole nitrogens is 1. The standard InChI is InChI=1S/C14H10Cl2N4O/c15-11-2-1-9(5-12(11)16)19-14(21)10-4-8(17)3-7-6-18-20-13(7)10/h1-6H,17H2,(H,18,20)(H,19,21). The largest absolute Gasteiger partial charge is 0.399 e. The second-order valence-corrected chi connectivity index (χ2v) is 5.30. The molecule has 0 aliphatic carbocycles. The van der Waals surface area contributed by atoms with Crippen molar-refractivity contribution < 1.29 is 4.79 Å². The van der Waals surface area contributed by atoms with Crippen LogP contribution in [0.5, 0.6) is 0 Å². The zero-order valence-corrected chi connectivity index (χ0v) is 12.2. The van der Waals surface area contributed by atoms with Gasteiger partial charge in [0.25, 0.3) is 5.91 Å². The van der Waals surface area contributed by atoms with Gasteiger partial charge in [-0.1, -0.05) is 23.2 Å². The summed E-state index contributed by atoms with van der Waals surface area (Å²) in [5, 5.41) is 11.0. The van der Waals surface area contributed by atoms with Crippen molar-refractivity contribution in [3.05, 3.63) is 52.1 Å². The van der Waals surface area contributed by atoms with E-state index in [-0.39, 0.29) is 5.91 Å². The molecule has 0 fully saturated rings. The number of nitrogens with one attached hydrogen (secondary N) is 2. The van der Waals surface area contributed by atoms with E-state index in [1.165, 1.54) is 0 Å². The molecule has 0 aliphatic rings. The van der Waals surface area contributed by atoms with Gasteiger partial charge in [0.2, 0.25) is 0 Å². The summed E-state index contributed by atoms with van der Waals surface area (Å²) in [7, 11) is 0. The van der Waals surface area contributed by atoms with Gasteiger partial charge in [0.15, 0.2) is 0 Å². The molecule has 21 heavy (non-hydrogen) atoms. The second-order valence-electron chi connectivity index (χ2n) is 4.49. The number of hydrogen-bond acceptors (Lipinski definition) is 3. The maximum Gasteiger partial charge on any atom is 0.257 e. The minimum absolute atomic E-state index is 0.310. The summed E-state index contributed by atoms with van der Waals surface area (Å²) in [6.45, 7) is 0. The van der Waals surface area contributed by atoms with E-state index in [9.17, 15) is 4.79 Å². The maximum atomic E-state index is 12.4. The lowest BCUT2D eigenvalue weighted by atomic mass is 10.1. The van der Waals surface area contributed by atoms with E-state index >= 15 is 0 Å². The van der Waals surface area contributed by atoms with Gasteiger partial charge in [0.05, 0.1) is 27.3 Å². The first-order valence-electron chi connectivity index (χ1n) is 6.03. The lowest BCUT2D eigenvalue weighted by Crippen LogP contribution is -2.13. The first kappa shape index (κ1) is 13.7. The third kappa shape index (κ3) is 2.66. The number of amides is 1. The van der Waals surface area contributed by atoms with E-state index in [1.54, 1.807) is 36.5 Å². The zero-order valence-electron chi connectivity index (χ0n) is 10.7. The van der Waals surface area contributed by atoms with Crippen LogP contribution >= 0.6 is 23.2 Å². The van der Waals surface area contributed by atoms with Gasteiger partial charge < -0.3 is 11.1 Å². The van der Waals surface area contributed by atoms with Gasteiger partial charge in [-0.2, -0.15) is 5.10 Å². The quantitative estimate of drug-likeness (QED) is 0.629. The molecule has 0 saturated heterocycles. The molecule has 0 saturated carbocycles. The van der Waals surface area contributed by atoms with Crippen LogP contribution < -0.4 is 11.1 Å². The summed E-state index contributed by atoms with van der Waals surface area (Å²) in [4.78, 5) is 12.4. The Kier molecular flexibility index (Phi) is 3.45. The summed E-state index contributed by atoms with van der Waals surface area (Å²) in [5.41, 5.74) is 7.87. The van der Waals surface area contributed by atoms with Crippen molar-refractivity contribution in [2.45, 2.75) is 0 Å². The van der Waals surface area contributed by atoms with Crippen LogP contribution in [0.3, 0.4) is 0 Å². The average Bonchev–Trinajstić information content (AvgIpc) is 2.90. The minimum atomic E-state index is -0.310. The lowest BCUT2D eigenvalue weighted by Gasteiger charge is -2.08. The van der Waals surface area contributed by atoms with Gasteiger partial charge in [-0.3, -0.25) is 9.89 Å². The van der Waals surface area contributed by atoms with Crippen molar-refractivity contribution in [1.82, 2.24) is 10.2 Å². The number of aromatic amines is 1. The summed E-state index contributed by atoms with van der Waals surface area (Å²) >= 11 is 11.8. The van der Waals surface area contributed by atoms with Crippen molar-refractivity contribution in [3.63, 3.8) is 0 Å². The van der Waals surface area contributed by atoms with Gasteiger partial charge in [-0.25, -0.2) is 0 Å². The van der Waals surface area contributed by atoms with Crippen LogP contribution in [-0.2, 0) is 0 Å². The highest BCUT2D eigenvalue weighted by molar-refractivity contribution is 6.42. The number of anilines is 2. The van der Waals surface area contributed by atoms with Crippen LogP contribution in [0.4, 0.5) is 11.4 Å². The van der Waals surface area contributed by atoms with Gasteiger partial charge in [0.1, 0.15) is 0 Å². The monoisotopic (exact) mass is 320 g/mol. The molecule has 0 radical (unpaired) electrons. The number of aromatic nitrogens is 2. The first-order valence-corrected chi connectivity index (χ1v) is 6.79. The molecule has 1 aromatic heterocycles. The lowest BCUT2D eigenvalue weighted by molar-refractivity contribution is 0.102. The number of carbonyl (C=O) groups is 1. The summed E-state index contributed by atoms with van der Waals surface area (Å²) < 4.78 is 0. The molecule has 0 spiro atoms. The molecule has 7 heteroatoms. The Morgan fingerprint density at radius 2 is 2.00 bits per heavy atom. The van der Waals surface area contributed by atoms with Crippen molar-refractivity contribution in [3.8, 4) is 0 Å². The average molecular weight is 321 g/mol. The van der Waals surface area contributed by atoms with E-state index in [2.05, 4.69) is 15.5 Å². The van der Waals surface area contributed by atoms with Crippen LogP contribution in [0.1, 0.15) is 10.4 Å². The normalized spacial score (nSPS) is 10.8. The molecule has 3 aromatic rings. The molecule has 4 N–H and O–H groups in total. The highest BCUT2D eigenvalue weighted by atomic mass is 35.5. The Morgan fingerprint density at radius 1 is 1.19 bits per heavy atom. The summed E-state index contributed by atoms with van der Waals surface area (Å²) in [6.07, 6.45) is 1.61. The first-order chi connectivity index (χ1) is 10.0. The molecule has 0 unspecified atom stereocenters. The number of rotatable bonds is 2. The zero-order chi connectivity index (χ0) is 15.0. The fourth-order valence-corrected chi connectivity index (χ4v) is 2.33. The van der Waals surface area contributed by atoms with Gasteiger partial charge in [0, 0.05) is 16.8 Å². The van der Waals surface area contributed by atoms with Crippen molar-refractivity contribution >= 4 is 51.4 Å². The maximum absolute atomic E-state index is 12.4. The van der Waals surface area contributed by atoms with Crippen molar-refractivity contribution in [2.24, 2.45) is 0 Å². The number of benzene rings is 2. The molecular weight excluding hydrogens is 311 g/mol. The number of nitrogen functional groups attached to an aromatic ring is 1. The van der Waals surface area contributed by atoms with Gasteiger partial charge in [-0.15, -0.1) is 0 Å². The van der Waals surface area contributed by atoms with E-state index in [4.69, 9.17) is 28.9 Å². The molecule has 5 nitrogen and oxygen atoms in total. The van der Waals surface area contributed by atoms with Crippen molar-refractivity contribution in [2.75, 3.05) is 11.1 Å². The SMILES string of the molecule is Nc1cc(C(=O)Nc2ccc(Cl)c(Cl)c2)c2[nH]ncc2c1. The Labute approximate surface area is 130 Å². The molecule has 0 aliphatic heterocycles. The Morgan fingerprint density at radius 3 is 2.76 bits per heavy atom. The fraction of sp³-hybridized carbons (Fsp3) is 0. The van der Waals surface area contributed by atoms with Crippen LogP contribution in [-0.4, -0.2) is 16.1 Å². The highest BCUT2D eigenvalue weighted by Crippen LogP contribution is 2.26. The third-order valence-corrected chi connectivity index (χ3v) is 3.73. The number of carbonyl (C=O) groups excluding carboxylic acids is 1. The second kappa shape index (κ2) is 5.27. The number of halogens is 2. The Hall–Kier alpha value is -2.24. The molecule has 1 amide bonds. The van der Waals surface area contributed by atoms with Gasteiger partial charge in [-0.05, 0) is 30.3 Å². The topological polar surface area (TPSA) is 83.8 Å². The minimum Gasteiger partial charge on any atom is -0.399 e. The number of nitrogens with two attached hydrogens (primary N) is 1. The van der Waals surface area contributed by atoms with Gasteiger partial charge >= 0.3 is 0 Å². The molecule has 3 rings (SSSR count). The summed E-state index contributed by atoms with van der Waals surface area (Å²) in [5.74, 6) is -0.310. The Balaban J connectivity index is 1.97.